The van der Waals surface area contributed by atoms with Crippen LogP contribution in [-0.2, 0) is 13.6 Å². The van der Waals surface area contributed by atoms with Crippen molar-refractivity contribution in [2.24, 2.45) is 12.8 Å². The SMILES string of the molecule is CCOc1c(CN)c(C(C)C)nn1C. The highest BCUT2D eigenvalue weighted by molar-refractivity contribution is 5.33. The van der Waals surface area contributed by atoms with Crippen molar-refractivity contribution in [1.29, 1.82) is 0 Å². The Morgan fingerprint density at radius 2 is 2.14 bits per heavy atom. The molecule has 2 N–H and O–H groups in total. The second-order valence-corrected chi connectivity index (χ2v) is 3.58. The van der Waals surface area contributed by atoms with Crippen molar-refractivity contribution in [3.05, 3.63) is 11.3 Å². The van der Waals surface area contributed by atoms with Crippen LogP contribution in [0.2, 0.25) is 0 Å². The first-order valence-corrected chi connectivity index (χ1v) is 5.00. The van der Waals surface area contributed by atoms with Crippen LogP contribution in [0.4, 0.5) is 0 Å². The van der Waals surface area contributed by atoms with E-state index in [-0.39, 0.29) is 0 Å². The van der Waals surface area contributed by atoms with Gasteiger partial charge < -0.3 is 10.5 Å². The molecule has 0 aromatic carbocycles. The largest absolute Gasteiger partial charge is 0.478 e. The van der Waals surface area contributed by atoms with Gasteiger partial charge >= 0.3 is 0 Å². The van der Waals surface area contributed by atoms with Crippen LogP contribution in [0.25, 0.3) is 0 Å². The summed E-state index contributed by atoms with van der Waals surface area (Å²) in [6.07, 6.45) is 0. The fraction of sp³-hybridized carbons (Fsp3) is 0.700. The molecule has 0 aliphatic heterocycles. The summed E-state index contributed by atoms with van der Waals surface area (Å²) in [7, 11) is 1.88. The zero-order chi connectivity index (χ0) is 10.7. The first kappa shape index (κ1) is 11.0. The van der Waals surface area contributed by atoms with E-state index in [1.807, 2.05) is 14.0 Å². The Kier molecular flexibility index (Phi) is 3.52. The zero-order valence-corrected chi connectivity index (χ0v) is 9.37. The van der Waals surface area contributed by atoms with Crippen molar-refractivity contribution in [2.45, 2.75) is 33.2 Å². The predicted octanol–water partition coefficient (Wildman–Crippen LogP) is 1.40. The number of nitrogens with two attached hydrogens (primary N) is 1. The summed E-state index contributed by atoms with van der Waals surface area (Å²) in [5, 5.41) is 4.41. The number of ether oxygens (including phenoxy) is 1. The summed E-state index contributed by atoms with van der Waals surface area (Å²) in [5.74, 6) is 1.19. The molecular formula is C10H19N3O. The summed E-state index contributed by atoms with van der Waals surface area (Å²) >= 11 is 0. The summed E-state index contributed by atoms with van der Waals surface area (Å²) in [6, 6.07) is 0. The summed E-state index contributed by atoms with van der Waals surface area (Å²) < 4.78 is 7.27. The second-order valence-electron chi connectivity index (χ2n) is 3.58. The molecule has 0 saturated heterocycles. The Morgan fingerprint density at radius 1 is 1.50 bits per heavy atom. The Hall–Kier alpha value is -1.03. The van der Waals surface area contributed by atoms with Crippen LogP contribution in [0.5, 0.6) is 5.88 Å². The molecule has 4 nitrogen and oxygen atoms in total. The van der Waals surface area contributed by atoms with Gasteiger partial charge in [-0.05, 0) is 12.8 Å². The van der Waals surface area contributed by atoms with E-state index in [4.69, 9.17) is 10.5 Å². The maximum atomic E-state index is 5.70. The lowest BCUT2D eigenvalue weighted by atomic mass is 10.1. The molecule has 1 heterocycles. The van der Waals surface area contributed by atoms with Crippen molar-refractivity contribution in [1.82, 2.24) is 9.78 Å². The molecule has 0 aliphatic rings. The lowest BCUT2D eigenvalue weighted by Gasteiger charge is -2.06. The molecule has 0 aliphatic carbocycles. The minimum atomic E-state index is 0.383. The van der Waals surface area contributed by atoms with Crippen LogP contribution in [0.3, 0.4) is 0 Å². The maximum Gasteiger partial charge on any atom is 0.216 e. The molecule has 4 heteroatoms. The van der Waals surface area contributed by atoms with Gasteiger partial charge in [-0.1, -0.05) is 13.8 Å². The van der Waals surface area contributed by atoms with E-state index in [0.717, 1.165) is 17.1 Å². The molecule has 0 amide bonds. The Bertz CT molecular complexity index is 305. The van der Waals surface area contributed by atoms with Crippen molar-refractivity contribution >= 4 is 0 Å². The van der Waals surface area contributed by atoms with Crippen molar-refractivity contribution in [2.75, 3.05) is 6.61 Å². The van der Waals surface area contributed by atoms with Gasteiger partial charge in [-0.2, -0.15) is 5.10 Å². The smallest absolute Gasteiger partial charge is 0.216 e. The standard InChI is InChI=1S/C10H19N3O/c1-5-14-10-8(6-11)9(7(2)3)12-13(10)4/h7H,5-6,11H2,1-4H3. The molecule has 0 fully saturated rings. The topological polar surface area (TPSA) is 53.1 Å². The lowest BCUT2D eigenvalue weighted by Crippen LogP contribution is -2.04. The lowest BCUT2D eigenvalue weighted by molar-refractivity contribution is 0.306. The van der Waals surface area contributed by atoms with Gasteiger partial charge in [-0.25, -0.2) is 4.68 Å². The fourth-order valence-corrected chi connectivity index (χ4v) is 1.55. The third-order valence-electron chi connectivity index (χ3n) is 2.15. The first-order valence-electron chi connectivity index (χ1n) is 5.00. The van der Waals surface area contributed by atoms with Gasteiger partial charge in [0.25, 0.3) is 0 Å². The second kappa shape index (κ2) is 4.46. The average Bonchev–Trinajstić information content (AvgIpc) is 2.44. The van der Waals surface area contributed by atoms with Crippen LogP contribution >= 0.6 is 0 Å². The quantitative estimate of drug-likeness (QED) is 0.793. The summed E-state index contributed by atoms with van der Waals surface area (Å²) in [4.78, 5) is 0. The molecule has 0 atom stereocenters. The Morgan fingerprint density at radius 3 is 2.57 bits per heavy atom. The minimum absolute atomic E-state index is 0.383. The Labute approximate surface area is 85.0 Å². The van der Waals surface area contributed by atoms with Gasteiger partial charge in [0, 0.05) is 13.6 Å². The van der Waals surface area contributed by atoms with Gasteiger partial charge in [-0.15, -0.1) is 0 Å². The molecule has 0 bridgehead atoms. The molecule has 0 unspecified atom stereocenters. The zero-order valence-electron chi connectivity index (χ0n) is 9.37. The molecule has 0 radical (unpaired) electrons. The monoisotopic (exact) mass is 197 g/mol. The van der Waals surface area contributed by atoms with Crippen molar-refractivity contribution < 1.29 is 4.74 Å². The third-order valence-corrected chi connectivity index (χ3v) is 2.15. The normalized spacial score (nSPS) is 11.0. The van der Waals surface area contributed by atoms with Crippen molar-refractivity contribution in [3.63, 3.8) is 0 Å². The molecule has 0 saturated carbocycles. The van der Waals surface area contributed by atoms with Crippen LogP contribution in [0, 0.1) is 0 Å². The molecule has 1 aromatic heterocycles. The van der Waals surface area contributed by atoms with Crippen LogP contribution in [-0.4, -0.2) is 16.4 Å². The van der Waals surface area contributed by atoms with Gasteiger partial charge in [0.2, 0.25) is 5.88 Å². The van der Waals surface area contributed by atoms with E-state index in [9.17, 15) is 0 Å². The Balaban J connectivity index is 3.14. The molecule has 14 heavy (non-hydrogen) atoms. The molecule has 1 aromatic rings. The highest BCUT2D eigenvalue weighted by Gasteiger charge is 2.17. The number of nitrogens with zero attached hydrogens (tertiary/aromatic N) is 2. The van der Waals surface area contributed by atoms with Gasteiger partial charge in [0.1, 0.15) is 0 Å². The number of aromatic nitrogens is 2. The van der Waals surface area contributed by atoms with Crippen LogP contribution < -0.4 is 10.5 Å². The average molecular weight is 197 g/mol. The van der Waals surface area contributed by atoms with Crippen LogP contribution in [0.1, 0.15) is 37.9 Å². The number of aryl methyl sites for hydroxylation is 1. The fourth-order valence-electron chi connectivity index (χ4n) is 1.55. The van der Waals surface area contributed by atoms with E-state index in [1.165, 1.54) is 0 Å². The maximum absolute atomic E-state index is 5.70. The van der Waals surface area contributed by atoms with Gasteiger partial charge in [0.05, 0.1) is 17.9 Å². The van der Waals surface area contributed by atoms with E-state index < -0.39 is 0 Å². The first-order chi connectivity index (χ1) is 6.61. The summed E-state index contributed by atoms with van der Waals surface area (Å²) in [6.45, 7) is 7.30. The predicted molar refractivity (Wildman–Crippen MR) is 56.4 cm³/mol. The number of hydrogen-bond acceptors (Lipinski definition) is 3. The molecule has 0 spiro atoms. The van der Waals surface area contributed by atoms with Gasteiger partial charge in [0.15, 0.2) is 0 Å². The van der Waals surface area contributed by atoms with E-state index in [2.05, 4.69) is 18.9 Å². The number of rotatable bonds is 4. The van der Waals surface area contributed by atoms with E-state index >= 15 is 0 Å². The van der Waals surface area contributed by atoms with E-state index in [0.29, 0.717) is 19.1 Å². The molecular weight excluding hydrogens is 178 g/mol. The molecule has 80 valence electrons. The minimum Gasteiger partial charge on any atom is -0.478 e. The van der Waals surface area contributed by atoms with Crippen LogP contribution in [0.15, 0.2) is 0 Å². The highest BCUT2D eigenvalue weighted by Crippen LogP contribution is 2.26. The summed E-state index contributed by atoms with van der Waals surface area (Å²) in [5.41, 5.74) is 7.77. The molecule has 1 rings (SSSR count). The van der Waals surface area contributed by atoms with E-state index in [1.54, 1.807) is 4.68 Å². The number of hydrogen-bond donors (Lipinski definition) is 1. The highest BCUT2D eigenvalue weighted by atomic mass is 16.5. The van der Waals surface area contributed by atoms with Gasteiger partial charge in [-0.3, -0.25) is 0 Å². The third kappa shape index (κ3) is 1.90. The van der Waals surface area contributed by atoms with Crippen molar-refractivity contribution in [3.8, 4) is 5.88 Å².